The van der Waals surface area contributed by atoms with E-state index < -0.39 is 11.7 Å². The van der Waals surface area contributed by atoms with Gasteiger partial charge in [-0.25, -0.2) is 4.39 Å². The molecular formula is C32H43FN8O2. The highest BCUT2D eigenvalue weighted by atomic mass is 19.1. The van der Waals surface area contributed by atoms with Gasteiger partial charge in [-0.3, -0.25) is 14.8 Å². The number of ether oxygens (including phenoxy) is 1. The number of aryl methyl sites for hydroxylation is 1. The Hall–Kier alpha value is -3.83. The number of anilines is 1. The number of rotatable bonds is 11. The number of carbonyl (C=O) groups excluding carboxylic acids is 1. The number of benzene rings is 1. The number of likely N-dealkylation sites (tertiary alicyclic amines) is 1. The summed E-state index contributed by atoms with van der Waals surface area (Å²) in [5, 5.41) is 11.2. The molecule has 0 spiro atoms. The third-order valence-electron chi connectivity index (χ3n) is 8.82. The van der Waals surface area contributed by atoms with Crippen LogP contribution in [0.25, 0.3) is 10.9 Å². The van der Waals surface area contributed by atoms with Crippen LogP contribution < -0.4 is 15.0 Å². The van der Waals surface area contributed by atoms with Gasteiger partial charge in [0.15, 0.2) is 5.83 Å². The fourth-order valence-corrected chi connectivity index (χ4v) is 6.18. The molecule has 5 rings (SSSR count). The van der Waals surface area contributed by atoms with Gasteiger partial charge in [-0.2, -0.15) is 15.1 Å². The number of H-pyrrole nitrogens is 1. The molecule has 2 N–H and O–H groups in total. The molecule has 10 nitrogen and oxygen atoms in total. The fraction of sp³-hybridized carbons (Fsp3) is 0.500. The summed E-state index contributed by atoms with van der Waals surface area (Å²) in [4.78, 5) is 28.7. The van der Waals surface area contributed by atoms with Crippen LogP contribution in [-0.2, 0) is 17.8 Å². The van der Waals surface area contributed by atoms with Crippen molar-refractivity contribution in [1.29, 1.82) is 0 Å². The first-order chi connectivity index (χ1) is 20.7. The quantitative estimate of drug-likeness (QED) is 0.253. The molecule has 1 aromatic carbocycles. The number of hydrogen-bond donors (Lipinski definition) is 2. The number of halogens is 1. The molecule has 4 heterocycles. The Morgan fingerprint density at radius 3 is 2.84 bits per heavy atom. The van der Waals surface area contributed by atoms with Gasteiger partial charge in [0.2, 0.25) is 0 Å². The highest BCUT2D eigenvalue weighted by molar-refractivity contribution is 5.90. The normalized spacial score (nSPS) is 19.4. The lowest BCUT2D eigenvalue weighted by molar-refractivity contribution is -0.118. The monoisotopic (exact) mass is 590 g/mol. The third-order valence-corrected chi connectivity index (χ3v) is 8.82. The zero-order valence-electron chi connectivity index (χ0n) is 25.9. The number of hydrogen-bond acceptors (Lipinski definition) is 8. The van der Waals surface area contributed by atoms with Gasteiger partial charge in [-0.1, -0.05) is 24.3 Å². The van der Waals surface area contributed by atoms with Crippen molar-refractivity contribution in [2.24, 2.45) is 0 Å². The molecule has 3 aromatic rings. The molecule has 1 amide bonds. The van der Waals surface area contributed by atoms with Crippen LogP contribution in [0.2, 0.25) is 0 Å². The molecular weight excluding hydrogens is 547 g/mol. The second kappa shape index (κ2) is 13.2. The van der Waals surface area contributed by atoms with E-state index in [1.54, 1.807) is 0 Å². The molecule has 2 aromatic heterocycles. The van der Waals surface area contributed by atoms with Gasteiger partial charge in [-0.15, -0.1) is 0 Å². The number of aromatic amines is 1. The Kier molecular flexibility index (Phi) is 9.41. The number of carbonyl (C=O) groups is 1. The van der Waals surface area contributed by atoms with Crippen molar-refractivity contribution in [3.63, 3.8) is 0 Å². The molecule has 2 atom stereocenters. The van der Waals surface area contributed by atoms with E-state index in [4.69, 9.17) is 14.7 Å². The number of nitrogens with one attached hydrogen (secondary N) is 2. The number of aromatic nitrogens is 4. The van der Waals surface area contributed by atoms with Crippen molar-refractivity contribution in [1.82, 2.24) is 35.3 Å². The van der Waals surface area contributed by atoms with E-state index >= 15 is 0 Å². The van der Waals surface area contributed by atoms with Crippen LogP contribution in [0.5, 0.6) is 6.01 Å². The predicted octanol–water partition coefficient (Wildman–Crippen LogP) is 4.24. The molecule has 0 saturated carbocycles. The van der Waals surface area contributed by atoms with Crippen molar-refractivity contribution in [2.75, 3.05) is 51.8 Å². The molecule has 1 fully saturated rings. The summed E-state index contributed by atoms with van der Waals surface area (Å²) in [6.07, 6.45) is 6.89. The summed E-state index contributed by atoms with van der Waals surface area (Å²) in [5.41, 5.74) is 6.59. The highest BCUT2D eigenvalue weighted by Crippen LogP contribution is 2.39. The summed E-state index contributed by atoms with van der Waals surface area (Å²) in [5.74, 6) is -1.03. The molecule has 11 heteroatoms. The lowest BCUT2D eigenvalue weighted by atomic mass is 9.89. The van der Waals surface area contributed by atoms with E-state index in [-0.39, 0.29) is 12.6 Å². The van der Waals surface area contributed by atoms with E-state index in [9.17, 15) is 9.18 Å². The molecule has 0 aliphatic carbocycles. The number of nitrogens with zero attached hydrogens (tertiary/aromatic N) is 6. The fourth-order valence-electron chi connectivity index (χ4n) is 6.18. The van der Waals surface area contributed by atoms with Gasteiger partial charge in [0, 0.05) is 55.6 Å². The van der Waals surface area contributed by atoms with E-state index in [1.165, 1.54) is 11.1 Å². The summed E-state index contributed by atoms with van der Waals surface area (Å²) in [6.45, 7) is 12.8. The van der Waals surface area contributed by atoms with Crippen LogP contribution in [-0.4, -0.2) is 88.8 Å². The van der Waals surface area contributed by atoms with Crippen molar-refractivity contribution in [3.8, 4) is 6.01 Å². The average Bonchev–Trinajstić information content (AvgIpc) is 3.63. The van der Waals surface area contributed by atoms with Gasteiger partial charge in [-0.05, 0) is 71.4 Å². The summed E-state index contributed by atoms with van der Waals surface area (Å²) < 4.78 is 19.7. The van der Waals surface area contributed by atoms with Gasteiger partial charge in [0.25, 0.3) is 5.91 Å². The Balaban J connectivity index is 1.53. The molecule has 0 bridgehead atoms. The largest absolute Gasteiger partial charge is 0.462 e. The lowest BCUT2D eigenvalue weighted by Crippen LogP contribution is -2.39. The first kappa shape index (κ1) is 30.6. The second-order valence-corrected chi connectivity index (χ2v) is 11.8. The first-order valence-corrected chi connectivity index (χ1v) is 15.0. The predicted molar refractivity (Wildman–Crippen MR) is 167 cm³/mol. The van der Waals surface area contributed by atoms with Gasteiger partial charge >= 0.3 is 6.01 Å². The SMILES string of the molecule is C=C(F)C(=O)NCCN(C/C(C)=C\C)c1nc(OC[C@@H]2CCCN2C)nc2c1CN(C)C(c1c(C)ccc3[nH]ncc13)C2. The minimum Gasteiger partial charge on any atom is -0.462 e. The number of allylic oxidation sites excluding steroid dienone is 1. The average molecular weight is 591 g/mol. The van der Waals surface area contributed by atoms with Crippen molar-refractivity contribution >= 4 is 22.6 Å². The van der Waals surface area contributed by atoms with E-state index in [2.05, 4.69) is 82.9 Å². The van der Waals surface area contributed by atoms with Crippen molar-refractivity contribution in [3.05, 3.63) is 64.8 Å². The molecule has 0 radical (unpaired) electrons. The molecule has 2 aliphatic rings. The van der Waals surface area contributed by atoms with Crippen LogP contribution in [0, 0.1) is 6.92 Å². The Morgan fingerprint density at radius 1 is 1.30 bits per heavy atom. The zero-order valence-corrected chi connectivity index (χ0v) is 25.9. The second-order valence-electron chi connectivity index (χ2n) is 11.8. The molecule has 43 heavy (non-hydrogen) atoms. The summed E-state index contributed by atoms with van der Waals surface area (Å²) >= 11 is 0. The van der Waals surface area contributed by atoms with Crippen LogP contribution in [0.1, 0.15) is 55.1 Å². The van der Waals surface area contributed by atoms with Crippen molar-refractivity contribution in [2.45, 2.75) is 58.7 Å². The molecule has 1 saturated heterocycles. The Labute approximate surface area is 253 Å². The maximum atomic E-state index is 13.4. The summed E-state index contributed by atoms with van der Waals surface area (Å²) in [6, 6.07) is 4.99. The molecule has 230 valence electrons. The molecule has 2 aliphatic heterocycles. The minimum atomic E-state index is -1.00. The minimum absolute atomic E-state index is 0.0888. The van der Waals surface area contributed by atoms with Gasteiger partial charge in [0.05, 0.1) is 17.4 Å². The standard InChI is InChI=1S/C32H43FN8O2/c1-7-20(2)17-41(14-12-34-31(42)22(4)33)30-25-18-40(6)28(29-21(3)10-11-26-24(29)16-35-38-26)15-27(25)36-32(37-30)43-19-23-9-8-13-39(23)5/h7,10-11,16,23,28H,4,8-9,12-15,17-19H2,1-3,5-6H3,(H,34,42)(H,35,38)/b20-7-/t23-,28?/m0/s1. The Morgan fingerprint density at radius 2 is 2.12 bits per heavy atom. The number of likely N-dealkylation sites (N-methyl/N-ethyl adjacent to an activating group) is 2. The smallest absolute Gasteiger partial charge is 0.318 e. The van der Waals surface area contributed by atoms with Gasteiger partial charge < -0.3 is 19.9 Å². The lowest BCUT2D eigenvalue weighted by Gasteiger charge is -2.37. The van der Waals surface area contributed by atoms with Gasteiger partial charge in [0.1, 0.15) is 12.4 Å². The zero-order chi connectivity index (χ0) is 30.7. The van der Waals surface area contributed by atoms with Crippen LogP contribution in [0.3, 0.4) is 0 Å². The highest BCUT2D eigenvalue weighted by Gasteiger charge is 2.33. The maximum Gasteiger partial charge on any atom is 0.318 e. The van der Waals surface area contributed by atoms with Crippen molar-refractivity contribution < 1.29 is 13.9 Å². The third kappa shape index (κ3) is 6.73. The van der Waals surface area contributed by atoms with E-state index in [0.717, 1.165) is 52.9 Å². The first-order valence-electron chi connectivity index (χ1n) is 15.0. The topological polar surface area (TPSA) is 103 Å². The van der Waals surface area contributed by atoms with E-state index in [0.29, 0.717) is 44.7 Å². The van der Waals surface area contributed by atoms with Crippen LogP contribution in [0.15, 0.2) is 42.4 Å². The van der Waals surface area contributed by atoms with Crippen LogP contribution >= 0.6 is 0 Å². The maximum absolute atomic E-state index is 13.4. The van der Waals surface area contributed by atoms with Crippen LogP contribution in [0.4, 0.5) is 10.2 Å². The molecule has 1 unspecified atom stereocenters. The van der Waals surface area contributed by atoms with E-state index in [1.807, 2.05) is 13.1 Å². The number of amides is 1. The Bertz CT molecular complexity index is 1520. The summed E-state index contributed by atoms with van der Waals surface area (Å²) in [7, 11) is 4.26. The number of fused-ring (bicyclic) bond motifs is 2.